The zero-order chi connectivity index (χ0) is 19.9. The molecule has 2 heterocycles. The number of anilines is 1. The summed E-state index contributed by atoms with van der Waals surface area (Å²) in [4.78, 5) is 37.9. The van der Waals surface area contributed by atoms with Crippen LogP contribution in [0.2, 0.25) is 0 Å². The molecule has 8 heteroatoms. The van der Waals surface area contributed by atoms with Crippen LogP contribution in [0.25, 0.3) is 0 Å². The second-order valence-electron chi connectivity index (χ2n) is 7.18. The average molecular weight is 388 g/mol. The third kappa shape index (κ3) is 3.12. The molecule has 2 aliphatic heterocycles. The average Bonchev–Trinajstić information content (AvgIpc) is 3.07. The number of hydrazone groups is 1. The molecule has 0 saturated heterocycles. The third-order valence-corrected chi connectivity index (χ3v) is 5.76. The highest BCUT2D eigenvalue weighted by Crippen LogP contribution is 2.54. The van der Waals surface area contributed by atoms with Crippen LogP contribution in [-0.4, -0.2) is 34.4 Å². The fourth-order valence-corrected chi connectivity index (χ4v) is 4.75. The number of amidine groups is 1. The number of hydrogen-bond acceptors (Lipinski definition) is 5. The van der Waals surface area contributed by atoms with Gasteiger partial charge in [-0.1, -0.05) is 26.8 Å². The van der Waals surface area contributed by atoms with Gasteiger partial charge in [-0.05, 0) is 41.8 Å². The van der Waals surface area contributed by atoms with E-state index in [-0.39, 0.29) is 28.8 Å². The summed E-state index contributed by atoms with van der Waals surface area (Å²) < 4.78 is 0. The SMILES string of the molecule is CCc1ccc2c(c1)[C@@]1(SC(NC(C)=O)=NN1C(C)=O)C(=O)N2CC(C)C. The van der Waals surface area contributed by atoms with Crippen LogP contribution in [0.1, 0.15) is 45.7 Å². The summed E-state index contributed by atoms with van der Waals surface area (Å²) in [6.45, 7) is 9.42. The first-order valence-corrected chi connectivity index (χ1v) is 9.83. The van der Waals surface area contributed by atoms with Crippen molar-refractivity contribution in [1.82, 2.24) is 10.3 Å². The van der Waals surface area contributed by atoms with E-state index in [2.05, 4.69) is 10.4 Å². The topological polar surface area (TPSA) is 82.1 Å². The van der Waals surface area contributed by atoms with Crippen molar-refractivity contribution < 1.29 is 14.4 Å². The summed E-state index contributed by atoms with van der Waals surface area (Å²) in [5, 5.41) is 8.36. The van der Waals surface area contributed by atoms with Gasteiger partial charge in [0.2, 0.25) is 16.7 Å². The molecule has 0 radical (unpaired) electrons. The van der Waals surface area contributed by atoms with Crippen LogP contribution in [0.15, 0.2) is 23.3 Å². The van der Waals surface area contributed by atoms with Crippen LogP contribution in [-0.2, 0) is 25.7 Å². The van der Waals surface area contributed by atoms with Gasteiger partial charge in [0.25, 0.3) is 5.91 Å². The molecule has 27 heavy (non-hydrogen) atoms. The Kier molecular flexibility index (Phi) is 5.03. The summed E-state index contributed by atoms with van der Waals surface area (Å²) in [6, 6.07) is 5.92. The largest absolute Gasteiger partial charge is 0.309 e. The Morgan fingerprint density at radius 3 is 2.56 bits per heavy atom. The van der Waals surface area contributed by atoms with Crippen LogP contribution in [0.3, 0.4) is 0 Å². The molecular weight excluding hydrogens is 364 g/mol. The second kappa shape index (κ2) is 6.99. The van der Waals surface area contributed by atoms with Crippen LogP contribution < -0.4 is 10.2 Å². The quantitative estimate of drug-likeness (QED) is 0.862. The number of fused-ring (bicyclic) bond motifs is 2. The maximum atomic E-state index is 13.6. The van der Waals surface area contributed by atoms with Gasteiger partial charge >= 0.3 is 0 Å². The molecule has 1 atom stereocenters. The number of hydrogen-bond donors (Lipinski definition) is 1. The summed E-state index contributed by atoms with van der Waals surface area (Å²) >= 11 is 1.12. The molecule has 1 aromatic rings. The number of aryl methyl sites for hydroxylation is 1. The lowest BCUT2D eigenvalue weighted by atomic mass is 10.0. The van der Waals surface area contributed by atoms with E-state index in [0.717, 1.165) is 35.0 Å². The molecule has 0 aliphatic carbocycles. The highest BCUT2D eigenvalue weighted by molar-refractivity contribution is 8.15. The predicted molar refractivity (Wildman–Crippen MR) is 106 cm³/mol. The van der Waals surface area contributed by atoms with Gasteiger partial charge in [0.1, 0.15) is 0 Å². The maximum Gasteiger partial charge on any atom is 0.270 e. The minimum absolute atomic E-state index is 0.205. The Morgan fingerprint density at radius 1 is 1.30 bits per heavy atom. The smallest absolute Gasteiger partial charge is 0.270 e. The lowest BCUT2D eigenvalue weighted by Gasteiger charge is -2.30. The van der Waals surface area contributed by atoms with E-state index in [0.29, 0.717) is 6.54 Å². The monoisotopic (exact) mass is 388 g/mol. The molecule has 1 aromatic carbocycles. The molecule has 2 aliphatic rings. The van der Waals surface area contributed by atoms with Gasteiger partial charge in [-0.25, -0.2) is 0 Å². The fourth-order valence-electron chi connectivity index (χ4n) is 3.43. The number of carbonyl (C=O) groups excluding carboxylic acids is 3. The van der Waals surface area contributed by atoms with Gasteiger partial charge in [-0.3, -0.25) is 14.4 Å². The van der Waals surface area contributed by atoms with E-state index in [4.69, 9.17) is 0 Å². The standard InChI is InChI=1S/C19H24N4O3S/c1-6-14-7-8-16-15(9-14)19(17(26)22(16)10-11(2)3)23(13(5)25)21-18(27-19)20-12(4)24/h7-9,11H,6,10H2,1-5H3,(H,20,21,24)/t19-/m1/s1. The van der Waals surface area contributed by atoms with Crippen molar-refractivity contribution in [3.05, 3.63) is 29.3 Å². The van der Waals surface area contributed by atoms with Crippen molar-refractivity contribution in [2.75, 3.05) is 11.4 Å². The minimum Gasteiger partial charge on any atom is -0.309 e. The lowest BCUT2D eigenvalue weighted by Crippen LogP contribution is -2.49. The van der Waals surface area contributed by atoms with E-state index in [1.54, 1.807) is 4.90 Å². The first-order valence-electron chi connectivity index (χ1n) is 9.02. The van der Waals surface area contributed by atoms with Crippen molar-refractivity contribution in [3.63, 3.8) is 0 Å². The van der Waals surface area contributed by atoms with E-state index in [1.165, 1.54) is 18.9 Å². The highest BCUT2D eigenvalue weighted by Gasteiger charge is 2.61. The van der Waals surface area contributed by atoms with Crippen molar-refractivity contribution >= 4 is 40.3 Å². The van der Waals surface area contributed by atoms with Crippen LogP contribution in [0.5, 0.6) is 0 Å². The Hall–Kier alpha value is -2.35. The normalized spacial score (nSPS) is 21.1. The summed E-state index contributed by atoms with van der Waals surface area (Å²) in [7, 11) is 0. The summed E-state index contributed by atoms with van der Waals surface area (Å²) in [5.74, 6) is -0.594. The van der Waals surface area contributed by atoms with Gasteiger partial charge in [-0.2, -0.15) is 5.01 Å². The number of nitrogens with zero attached hydrogens (tertiary/aromatic N) is 3. The molecule has 7 nitrogen and oxygen atoms in total. The highest BCUT2D eigenvalue weighted by atomic mass is 32.2. The number of rotatable bonds is 3. The van der Waals surface area contributed by atoms with Gasteiger partial charge in [-0.15, -0.1) is 5.10 Å². The first-order chi connectivity index (χ1) is 12.7. The van der Waals surface area contributed by atoms with E-state index >= 15 is 0 Å². The number of nitrogens with one attached hydrogen (secondary N) is 1. The molecule has 1 spiro atoms. The molecule has 0 aromatic heterocycles. The number of thioether (sulfide) groups is 1. The van der Waals surface area contributed by atoms with E-state index < -0.39 is 4.87 Å². The summed E-state index contributed by atoms with van der Waals surface area (Å²) in [5.41, 5.74) is 2.62. The number of amides is 3. The Bertz CT molecular complexity index is 851. The van der Waals surface area contributed by atoms with Gasteiger partial charge in [0.15, 0.2) is 5.17 Å². The van der Waals surface area contributed by atoms with Crippen molar-refractivity contribution in [1.29, 1.82) is 0 Å². The zero-order valence-electron chi connectivity index (χ0n) is 16.2. The molecule has 3 rings (SSSR count). The third-order valence-electron chi connectivity index (χ3n) is 4.52. The van der Waals surface area contributed by atoms with Gasteiger partial charge in [0.05, 0.1) is 5.69 Å². The van der Waals surface area contributed by atoms with Crippen molar-refractivity contribution in [2.24, 2.45) is 11.0 Å². The fraction of sp³-hybridized carbons (Fsp3) is 0.474. The maximum absolute atomic E-state index is 13.6. The van der Waals surface area contributed by atoms with Crippen LogP contribution in [0.4, 0.5) is 5.69 Å². The molecular formula is C19H24N4O3S. The zero-order valence-corrected chi connectivity index (χ0v) is 17.0. The summed E-state index contributed by atoms with van der Waals surface area (Å²) in [6.07, 6.45) is 0.811. The number of benzene rings is 1. The predicted octanol–water partition coefficient (Wildman–Crippen LogP) is 2.41. The Morgan fingerprint density at radius 2 is 2.00 bits per heavy atom. The minimum atomic E-state index is -1.31. The lowest BCUT2D eigenvalue weighted by molar-refractivity contribution is -0.139. The Balaban J connectivity index is 2.18. The van der Waals surface area contributed by atoms with Crippen LogP contribution >= 0.6 is 11.8 Å². The molecule has 0 bridgehead atoms. The van der Waals surface area contributed by atoms with Crippen molar-refractivity contribution in [3.8, 4) is 0 Å². The van der Waals surface area contributed by atoms with E-state index in [1.807, 2.05) is 39.0 Å². The first kappa shape index (κ1) is 19.4. The van der Waals surface area contributed by atoms with Crippen molar-refractivity contribution in [2.45, 2.75) is 45.9 Å². The molecule has 0 unspecified atom stereocenters. The molecule has 1 N–H and O–H groups in total. The Labute approximate surface area is 163 Å². The molecule has 144 valence electrons. The molecule has 0 saturated carbocycles. The van der Waals surface area contributed by atoms with E-state index in [9.17, 15) is 14.4 Å². The number of carbonyl (C=O) groups is 3. The molecule has 3 amide bonds. The van der Waals surface area contributed by atoms with Gasteiger partial charge < -0.3 is 10.2 Å². The molecule has 0 fully saturated rings. The second-order valence-corrected chi connectivity index (χ2v) is 8.36. The van der Waals surface area contributed by atoms with Crippen LogP contribution in [0, 0.1) is 5.92 Å². The van der Waals surface area contributed by atoms with Gasteiger partial charge in [0, 0.05) is 26.0 Å².